The van der Waals surface area contributed by atoms with Gasteiger partial charge in [-0.15, -0.1) is 0 Å². The number of nitrogens with zero attached hydrogens (tertiary/aromatic N) is 1. The number of carbonyl (C=O) groups excluding carboxylic acids is 3. The summed E-state index contributed by atoms with van der Waals surface area (Å²) >= 11 is 0. The van der Waals surface area contributed by atoms with E-state index in [-0.39, 0.29) is 46.9 Å². The molecule has 1 amide bonds. The van der Waals surface area contributed by atoms with Crippen molar-refractivity contribution < 1.29 is 23.9 Å². The summed E-state index contributed by atoms with van der Waals surface area (Å²) in [6.45, 7) is 7.68. The maximum atomic E-state index is 13.0. The van der Waals surface area contributed by atoms with Crippen molar-refractivity contribution in [1.82, 2.24) is 10.3 Å². The predicted octanol–water partition coefficient (Wildman–Crippen LogP) is 4.93. The molecule has 1 fully saturated rings. The largest absolute Gasteiger partial charge is 0.489 e. The van der Waals surface area contributed by atoms with Crippen molar-refractivity contribution in [2.75, 3.05) is 6.54 Å². The molecule has 0 radical (unpaired) electrons. The van der Waals surface area contributed by atoms with Crippen LogP contribution in [0, 0.1) is 17.3 Å². The number of hydrogen-bond acceptors (Lipinski definition) is 6. The van der Waals surface area contributed by atoms with E-state index in [1.54, 1.807) is 6.20 Å². The molecule has 7 nitrogen and oxygen atoms in total. The summed E-state index contributed by atoms with van der Waals surface area (Å²) in [5.41, 5.74) is 1.63. The third-order valence-corrected chi connectivity index (χ3v) is 9.13. The minimum absolute atomic E-state index is 0.00958. The van der Waals surface area contributed by atoms with E-state index in [4.69, 9.17) is 9.47 Å². The molecule has 39 heavy (non-hydrogen) atoms. The molecule has 202 valence electrons. The number of Topliss-reactive ketones (excluding diaryl/α,β-unsaturated/α-hetero) is 1. The zero-order valence-electron chi connectivity index (χ0n) is 22.8. The zero-order valence-corrected chi connectivity index (χ0v) is 22.8. The number of fused-ring (bicyclic) bond motifs is 4. The quantitative estimate of drug-likeness (QED) is 0.568. The van der Waals surface area contributed by atoms with Crippen molar-refractivity contribution in [3.05, 3.63) is 77.4 Å². The van der Waals surface area contributed by atoms with Crippen LogP contribution in [0.3, 0.4) is 0 Å². The van der Waals surface area contributed by atoms with Gasteiger partial charge in [0, 0.05) is 68.3 Å². The van der Waals surface area contributed by atoms with E-state index in [1.807, 2.05) is 25.3 Å². The standard InChI is InChI=1S/C32H34N2O5/c1-18(35)34-16-20-11-27(37)25-14-22-7-9-31(3)26(29(22)38-28(25)12-20)15-32(4,39-19(2)36)30(31)23-5-6-24-17-33-10-8-21(24)13-23/h5-10,13-14,17,20,26,29-30H,11-12,15-16H2,1-4H3,(H,34,35)/t20?,26-,29+,30+,31-,32?/m0/s1. The molecule has 7 heteroatoms. The molecular formula is C32H34N2O5. The summed E-state index contributed by atoms with van der Waals surface area (Å²) in [7, 11) is 0. The fourth-order valence-corrected chi connectivity index (χ4v) is 7.60. The van der Waals surface area contributed by atoms with Crippen molar-refractivity contribution >= 4 is 28.4 Å². The Morgan fingerprint density at radius 1 is 1.15 bits per heavy atom. The van der Waals surface area contributed by atoms with Crippen molar-refractivity contribution in [3.63, 3.8) is 0 Å². The second-order valence-corrected chi connectivity index (χ2v) is 12.0. The molecule has 6 rings (SSSR count). The Morgan fingerprint density at radius 3 is 2.74 bits per heavy atom. The summed E-state index contributed by atoms with van der Waals surface area (Å²) in [5.74, 6) is 0.291. The normalized spacial score (nSPS) is 33.0. The maximum Gasteiger partial charge on any atom is 0.303 e. The van der Waals surface area contributed by atoms with Gasteiger partial charge in [-0.3, -0.25) is 19.4 Å². The van der Waals surface area contributed by atoms with E-state index < -0.39 is 5.60 Å². The molecule has 0 bridgehead atoms. The van der Waals surface area contributed by atoms with E-state index in [1.165, 1.54) is 13.8 Å². The second-order valence-electron chi connectivity index (χ2n) is 12.0. The summed E-state index contributed by atoms with van der Waals surface area (Å²) in [6, 6.07) is 8.39. The Hall–Kier alpha value is -3.74. The Labute approximate surface area is 228 Å². The first kappa shape index (κ1) is 25.5. The Morgan fingerprint density at radius 2 is 1.97 bits per heavy atom. The number of ketones is 1. The summed E-state index contributed by atoms with van der Waals surface area (Å²) < 4.78 is 12.9. The SMILES string of the molecule is CC(=O)NCC1CC(=O)C2=C(C1)O[C@@H]1C(=C2)C=C[C@@]2(C)[C@H]1CC(C)(OC(C)=O)[C@@H]2c1ccc2cnccc2c1. The molecule has 1 aliphatic heterocycles. The van der Waals surface area contributed by atoms with Gasteiger partial charge in [-0.1, -0.05) is 37.3 Å². The minimum Gasteiger partial charge on any atom is -0.489 e. The van der Waals surface area contributed by atoms with Crippen molar-refractivity contribution in [2.45, 2.75) is 64.6 Å². The van der Waals surface area contributed by atoms with Gasteiger partial charge in [0.25, 0.3) is 0 Å². The average molecular weight is 527 g/mol. The maximum absolute atomic E-state index is 13.0. The lowest BCUT2D eigenvalue weighted by atomic mass is 9.63. The van der Waals surface area contributed by atoms with Gasteiger partial charge in [0.2, 0.25) is 5.91 Å². The van der Waals surface area contributed by atoms with Gasteiger partial charge < -0.3 is 14.8 Å². The van der Waals surface area contributed by atoms with E-state index in [0.29, 0.717) is 37.1 Å². The van der Waals surface area contributed by atoms with E-state index in [9.17, 15) is 14.4 Å². The molecule has 1 N–H and O–H groups in total. The number of ether oxygens (including phenoxy) is 2. The van der Waals surface area contributed by atoms with Gasteiger partial charge in [0.1, 0.15) is 17.5 Å². The monoisotopic (exact) mass is 526 g/mol. The highest BCUT2D eigenvalue weighted by atomic mass is 16.6. The number of carbonyl (C=O) groups is 3. The van der Waals surface area contributed by atoms with Crippen LogP contribution in [0.4, 0.5) is 0 Å². The zero-order chi connectivity index (χ0) is 27.5. The summed E-state index contributed by atoms with van der Waals surface area (Å²) in [5, 5.41) is 5.00. The second kappa shape index (κ2) is 9.18. The van der Waals surface area contributed by atoms with Crippen LogP contribution < -0.4 is 5.32 Å². The highest BCUT2D eigenvalue weighted by Crippen LogP contribution is 2.64. The molecule has 3 aliphatic carbocycles. The third-order valence-electron chi connectivity index (χ3n) is 9.13. The topological polar surface area (TPSA) is 94.6 Å². The number of rotatable bonds is 4. The Balaban J connectivity index is 1.38. The lowest BCUT2D eigenvalue weighted by Gasteiger charge is -2.45. The Bertz CT molecular complexity index is 1490. The molecule has 4 aliphatic rings. The van der Waals surface area contributed by atoms with Gasteiger partial charge in [-0.25, -0.2) is 0 Å². The molecule has 6 atom stereocenters. The molecule has 1 aromatic heterocycles. The van der Waals surface area contributed by atoms with Crippen molar-refractivity contribution in [3.8, 4) is 0 Å². The smallest absolute Gasteiger partial charge is 0.303 e. The van der Waals surface area contributed by atoms with Gasteiger partial charge in [0.05, 0.1) is 5.57 Å². The van der Waals surface area contributed by atoms with Crippen LogP contribution in [0.15, 0.2) is 71.8 Å². The lowest BCUT2D eigenvalue weighted by molar-refractivity contribution is -0.157. The molecule has 2 heterocycles. The number of aromatic nitrogens is 1. The number of allylic oxidation sites excluding steroid dienone is 4. The van der Waals surface area contributed by atoms with E-state index in [2.05, 4.69) is 47.6 Å². The van der Waals surface area contributed by atoms with Gasteiger partial charge >= 0.3 is 5.97 Å². The molecule has 1 aromatic carbocycles. The highest BCUT2D eigenvalue weighted by Gasteiger charge is 2.63. The van der Waals surface area contributed by atoms with Crippen LogP contribution in [0.1, 0.15) is 58.4 Å². The van der Waals surface area contributed by atoms with Gasteiger partial charge in [-0.05, 0) is 47.9 Å². The number of nitrogens with one attached hydrogen (secondary N) is 1. The van der Waals surface area contributed by atoms with E-state index in [0.717, 1.165) is 21.9 Å². The molecule has 0 saturated heterocycles. The van der Waals surface area contributed by atoms with Crippen molar-refractivity contribution in [1.29, 1.82) is 0 Å². The first-order valence-electron chi connectivity index (χ1n) is 13.7. The van der Waals surface area contributed by atoms with Crippen LogP contribution in [0.5, 0.6) is 0 Å². The number of pyridine rings is 1. The fourth-order valence-electron chi connectivity index (χ4n) is 7.60. The lowest BCUT2D eigenvalue weighted by Crippen LogP contribution is -2.42. The van der Waals surface area contributed by atoms with Crippen molar-refractivity contribution in [2.24, 2.45) is 17.3 Å². The number of benzene rings is 1. The molecule has 2 aromatic rings. The number of amides is 1. The van der Waals surface area contributed by atoms with Crippen LogP contribution in [0.2, 0.25) is 0 Å². The third kappa shape index (κ3) is 4.28. The average Bonchev–Trinajstić information content (AvgIpc) is 3.12. The molecular weight excluding hydrogens is 492 g/mol. The summed E-state index contributed by atoms with van der Waals surface area (Å²) in [6.07, 6.45) is 11.3. The minimum atomic E-state index is -0.750. The number of hydrogen-bond donors (Lipinski definition) is 1. The van der Waals surface area contributed by atoms with E-state index >= 15 is 0 Å². The highest BCUT2D eigenvalue weighted by molar-refractivity contribution is 6.00. The van der Waals surface area contributed by atoms with Crippen LogP contribution in [-0.2, 0) is 23.9 Å². The van der Waals surface area contributed by atoms with Gasteiger partial charge in [-0.2, -0.15) is 0 Å². The predicted molar refractivity (Wildman–Crippen MR) is 146 cm³/mol. The first-order chi connectivity index (χ1) is 18.6. The Kier molecular flexibility index (Phi) is 6.01. The molecule has 1 saturated carbocycles. The fraction of sp³-hybridized carbons (Fsp3) is 0.438. The number of esters is 1. The van der Waals surface area contributed by atoms with Crippen LogP contribution in [0.25, 0.3) is 10.8 Å². The van der Waals surface area contributed by atoms with Crippen LogP contribution >= 0.6 is 0 Å². The van der Waals surface area contributed by atoms with Crippen LogP contribution in [-0.4, -0.2) is 40.9 Å². The molecule has 0 spiro atoms. The molecule has 2 unspecified atom stereocenters. The summed E-state index contributed by atoms with van der Waals surface area (Å²) in [4.78, 5) is 41.1. The first-order valence-corrected chi connectivity index (χ1v) is 13.7. The van der Waals surface area contributed by atoms with Gasteiger partial charge in [0.15, 0.2) is 5.78 Å².